The van der Waals surface area contributed by atoms with Gasteiger partial charge in [0, 0.05) is 6.21 Å². The Morgan fingerprint density at radius 3 is 2.82 bits per heavy atom. The highest BCUT2D eigenvalue weighted by molar-refractivity contribution is 6.33. The van der Waals surface area contributed by atoms with Gasteiger partial charge in [0.2, 0.25) is 5.82 Å². The number of nitrogens with one attached hydrogen (secondary N) is 1. The van der Waals surface area contributed by atoms with Crippen LogP contribution in [0.1, 0.15) is 31.5 Å². The molecule has 0 aliphatic carbocycles. The molecule has 0 fully saturated rings. The minimum atomic E-state index is -0.688. The van der Waals surface area contributed by atoms with E-state index in [9.17, 15) is 9.18 Å². The highest BCUT2D eigenvalue weighted by Gasteiger charge is 2.20. The Labute approximate surface area is 131 Å². The zero-order valence-electron chi connectivity index (χ0n) is 12.2. The summed E-state index contributed by atoms with van der Waals surface area (Å²) in [5.74, 6) is -1.73. The van der Waals surface area contributed by atoms with Gasteiger partial charge in [-0.3, -0.25) is 4.79 Å². The topological polar surface area (TPSA) is 80.4 Å². The summed E-state index contributed by atoms with van der Waals surface area (Å²) in [7, 11) is 0. The number of carbonyl (C=O) groups excluding carboxylic acids is 1. The number of hydrogen-bond donors (Lipinski definition) is 1. The molecule has 8 heteroatoms. The second-order valence-electron chi connectivity index (χ2n) is 5.58. The van der Waals surface area contributed by atoms with Gasteiger partial charge >= 0.3 is 11.8 Å². The van der Waals surface area contributed by atoms with Crippen LogP contribution in [-0.2, 0) is 0 Å². The average Bonchev–Trinajstić information content (AvgIpc) is 2.86. The molecule has 0 spiro atoms. The monoisotopic (exact) mass is 324 g/mol. The third-order valence-corrected chi connectivity index (χ3v) is 2.74. The van der Waals surface area contributed by atoms with Crippen molar-refractivity contribution in [3.63, 3.8) is 0 Å². The zero-order valence-corrected chi connectivity index (χ0v) is 13.0. The lowest BCUT2D eigenvalue weighted by Gasteiger charge is -2.09. The lowest BCUT2D eigenvalue weighted by atomic mass is 9.99. The summed E-state index contributed by atoms with van der Waals surface area (Å²) in [4.78, 5) is 15.6. The molecule has 0 aliphatic heterocycles. The number of hydrogen-bond acceptors (Lipinski definition) is 5. The summed E-state index contributed by atoms with van der Waals surface area (Å²) in [5, 5.41) is 7.47. The number of hydrazone groups is 1. The fourth-order valence-electron chi connectivity index (χ4n) is 1.46. The molecule has 0 saturated carbocycles. The Balaban J connectivity index is 2.18. The van der Waals surface area contributed by atoms with Crippen molar-refractivity contribution in [3.8, 4) is 11.4 Å². The highest BCUT2D eigenvalue weighted by atomic mass is 35.5. The third kappa shape index (κ3) is 3.88. The standard InChI is InChI=1S/C14H14ClFN4O2/c1-14(2,3)7-17-19-12(21)13-18-11(20-22-13)10-8(15)5-4-6-9(10)16/h4-7H,1-3H3,(H,19,21)/b17-7+. The van der Waals surface area contributed by atoms with Gasteiger partial charge in [-0.15, -0.1) is 0 Å². The van der Waals surface area contributed by atoms with Gasteiger partial charge in [-0.25, -0.2) is 9.82 Å². The van der Waals surface area contributed by atoms with E-state index in [1.54, 1.807) is 6.21 Å². The van der Waals surface area contributed by atoms with Gasteiger partial charge in [-0.1, -0.05) is 43.6 Å². The molecule has 1 N–H and O–H groups in total. The van der Waals surface area contributed by atoms with E-state index >= 15 is 0 Å². The van der Waals surface area contributed by atoms with E-state index < -0.39 is 11.7 Å². The first kappa shape index (κ1) is 16.1. The van der Waals surface area contributed by atoms with Crippen LogP contribution < -0.4 is 5.43 Å². The first-order valence-electron chi connectivity index (χ1n) is 6.40. The fourth-order valence-corrected chi connectivity index (χ4v) is 1.71. The lowest BCUT2D eigenvalue weighted by molar-refractivity contribution is 0.0911. The number of nitrogens with zero attached hydrogens (tertiary/aromatic N) is 3. The molecule has 0 aliphatic rings. The molecule has 0 saturated heterocycles. The zero-order chi connectivity index (χ0) is 16.3. The Morgan fingerprint density at radius 1 is 1.45 bits per heavy atom. The molecule has 1 aromatic carbocycles. The number of benzene rings is 1. The maximum Gasteiger partial charge on any atom is 0.329 e. The Hall–Kier alpha value is -2.28. The van der Waals surface area contributed by atoms with E-state index in [1.165, 1.54) is 18.2 Å². The van der Waals surface area contributed by atoms with E-state index in [0.717, 1.165) is 0 Å². The van der Waals surface area contributed by atoms with Crippen LogP contribution in [0.5, 0.6) is 0 Å². The van der Waals surface area contributed by atoms with E-state index in [2.05, 4.69) is 20.7 Å². The molecule has 22 heavy (non-hydrogen) atoms. The smallest absolute Gasteiger partial charge is 0.328 e. The van der Waals surface area contributed by atoms with Crippen molar-refractivity contribution >= 4 is 23.7 Å². The number of aromatic nitrogens is 2. The SMILES string of the molecule is CC(C)(C)/C=N/NC(=O)c1nc(-c2c(F)cccc2Cl)no1. The second-order valence-corrected chi connectivity index (χ2v) is 5.99. The van der Waals surface area contributed by atoms with E-state index in [0.29, 0.717) is 0 Å². The maximum absolute atomic E-state index is 13.8. The molecule has 0 bridgehead atoms. The first-order valence-corrected chi connectivity index (χ1v) is 6.78. The molecular formula is C14H14ClFN4O2. The van der Waals surface area contributed by atoms with Crippen molar-refractivity contribution in [2.75, 3.05) is 0 Å². The van der Waals surface area contributed by atoms with Crippen LogP contribution in [0.15, 0.2) is 27.8 Å². The molecule has 0 atom stereocenters. The number of amides is 1. The maximum atomic E-state index is 13.8. The minimum absolute atomic E-state index is 0.0230. The van der Waals surface area contributed by atoms with Crippen LogP contribution >= 0.6 is 11.6 Å². The number of halogens is 2. The Morgan fingerprint density at radius 2 is 2.18 bits per heavy atom. The number of rotatable bonds is 3. The van der Waals surface area contributed by atoms with Crippen LogP contribution in [-0.4, -0.2) is 22.3 Å². The van der Waals surface area contributed by atoms with Crippen molar-refractivity contribution in [1.29, 1.82) is 0 Å². The van der Waals surface area contributed by atoms with Crippen LogP contribution in [0.4, 0.5) is 4.39 Å². The second kappa shape index (κ2) is 6.23. The van der Waals surface area contributed by atoms with Crippen molar-refractivity contribution in [2.45, 2.75) is 20.8 Å². The van der Waals surface area contributed by atoms with Gasteiger partial charge in [-0.2, -0.15) is 10.1 Å². The summed E-state index contributed by atoms with van der Waals surface area (Å²) in [5.41, 5.74) is 2.05. The summed E-state index contributed by atoms with van der Waals surface area (Å²) >= 11 is 5.90. The summed E-state index contributed by atoms with van der Waals surface area (Å²) < 4.78 is 18.6. The molecule has 0 unspecified atom stereocenters. The van der Waals surface area contributed by atoms with Crippen LogP contribution in [0, 0.1) is 11.2 Å². The predicted molar refractivity (Wildman–Crippen MR) is 80.1 cm³/mol. The van der Waals surface area contributed by atoms with Gasteiger partial charge in [0.05, 0.1) is 10.6 Å². The van der Waals surface area contributed by atoms with Gasteiger partial charge in [0.15, 0.2) is 0 Å². The van der Waals surface area contributed by atoms with E-state index in [1.807, 2.05) is 20.8 Å². The molecule has 2 aromatic rings. The average molecular weight is 325 g/mol. The summed E-state index contributed by atoms with van der Waals surface area (Å²) in [6, 6.07) is 4.16. The molecule has 1 amide bonds. The lowest BCUT2D eigenvalue weighted by Crippen LogP contribution is -2.20. The summed E-state index contributed by atoms with van der Waals surface area (Å²) in [6.45, 7) is 5.77. The van der Waals surface area contributed by atoms with Gasteiger partial charge < -0.3 is 4.52 Å². The summed E-state index contributed by atoms with van der Waals surface area (Å²) in [6.07, 6.45) is 1.57. The first-order chi connectivity index (χ1) is 10.3. The number of carbonyl (C=O) groups is 1. The molecule has 2 rings (SSSR count). The van der Waals surface area contributed by atoms with Crippen LogP contribution in [0.2, 0.25) is 5.02 Å². The minimum Gasteiger partial charge on any atom is -0.328 e. The van der Waals surface area contributed by atoms with Gasteiger partial charge in [0.25, 0.3) is 0 Å². The fraction of sp³-hybridized carbons (Fsp3) is 0.286. The quantitative estimate of drug-likeness (QED) is 0.694. The molecule has 116 valence electrons. The predicted octanol–water partition coefficient (Wildman–Crippen LogP) is 3.29. The molecular weight excluding hydrogens is 311 g/mol. The van der Waals surface area contributed by atoms with Crippen LogP contribution in [0.25, 0.3) is 11.4 Å². The van der Waals surface area contributed by atoms with Crippen molar-refractivity contribution in [3.05, 3.63) is 34.9 Å². The van der Waals surface area contributed by atoms with E-state index in [4.69, 9.17) is 16.1 Å². The molecule has 1 heterocycles. The normalized spacial score (nSPS) is 11.9. The van der Waals surface area contributed by atoms with Crippen molar-refractivity contribution < 1.29 is 13.7 Å². The van der Waals surface area contributed by atoms with Gasteiger partial charge in [0.1, 0.15) is 5.82 Å². The largest absolute Gasteiger partial charge is 0.329 e. The van der Waals surface area contributed by atoms with Crippen molar-refractivity contribution in [2.24, 2.45) is 10.5 Å². The van der Waals surface area contributed by atoms with E-state index in [-0.39, 0.29) is 27.7 Å². The molecule has 0 radical (unpaired) electrons. The van der Waals surface area contributed by atoms with Crippen molar-refractivity contribution in [1.82, 2.24) is 15.6 Å². The van der Waals surface area contributed by atoms with Crippen LogP contribution in [0.3, 0.4) is 0 Å². The Bertz CT molecular complexity index is 702. The van der Waals surface area contributed by atoms with Gasteiger partial charge in [-0.05, 0) is 17.5 Å². The third-order valence-electron chi connectivity index (χ3n) is 2.42. The molecule has 1 aromatic heterocycles. The molecule has 6 nitrogen and oxygen atoms in total. The highest BCUT2D eigenvalue weighted by Crippen LogP contribution is 2.28. The Kier molecular flexibility index (Phi) is 4.56.